The molecule has 0 saturated heterocycles. The molecule has 2 nitrogen and oxygen atoms in total. The lowest BCUT2D eigenvalue weighted by atomic mass is 10.1. The minimum absolute atomic E-state index is 0. The molecule has 1 aliphatic rings. The molecule has 27 heavy (non-hydrogen) atoms. The predicted octanol–water partition coefficient (Wildman–Crippen LogP) is 2.79. The first-order valence-electron chi connectivity index (χ1n) is 8.67. The lowest BCUT2D eigenvalue weighted by Gasteiger charge is -2.28. The topological polar surface area (TPSA) is 7.12 Å². The quantitative estimate of drug-likeness (QED) is 0.391. The third-order valence-corrected chi connectivity index (χ3v) is 5.91. The molecule has 1 aliphatic heterocycles. The third kappa shape index (κ3) is 3.98. The Hall–Kier alpha value is -1.63. The van der Waals surface area contributed by atoms with Gasteiger partial charge in [0.05, 0.1) is 5.38 Å². The van der Waals surface area contributed by atoms with Crippen LogP contribution in [0.25, 0.3) is 23.4 Å². The largest absolute Gasteiger partial charge is 1.00 e. The van der Waals surface area contributed by atoms with Gasteiger partial charge in [0.2, 0.25) is 5.69 Å². The Morgan fingerprint density at radius 3 is 2.56 bits per heavy atom. The van der Waals surface area contributed by atoms with E-state index < -0.39 is 0 Å². The van der Waals surface area contributed by atoms with E-state index in [1.807, 2.05) is 12.1 Å². The van der Waals surface area contributed by atoms with Gasteiger partial charge in [0.15, 0.2) is 0 Å². The van der Waals surface area contributed by atoms with E-state index >= 15 is 0 Å². The standard InChI is InChI=1S/C22H20ClN2S.HI/c1-3-25-19(13-10-16-6-4-5-7-20(16)25)14-22-24(2)21(15-26-22)17-8-11-18(23)12-9-17;/h4-15H,3H2,1-2H3;1H/q+1;/p-1. The van der Waals surface area contributed by atoms with Crippen LogP contribution in [0, 0.1) is 0 Å². The number of likely N-dealkylation sites (N-methyl/N-ethyl adjacent to an activating group) is 1. The summed E-state index contributed by atoms with van der Waals surface area (Å²) in [4.78, 5) is 2.36. The molecule has 1 aromatic heterocycles. The van der Waals surface area contributed by atoms with Gasteiger partial charge in [-0.15, -0.1) is 0 Å². The number of rotatable bonds is 3. The van der Waals surface area contributed by atoms with Gasteiger partial charge in [0.25, 0.3) is 5.01 Å². The molecular weight excluding hydrogens is 487 g/mol. The maximum atomic E-state index is 6.02. The molecule has 0 atom stereocenters. The summed E-state index contributed by atoms with van der Waals surface area (Å²) >= 11 is 7.78. The highest BCUT2D eigenvalue weighted by molar-refractivity contribution is 7.10. The zero-order valence-electron chi connectivity index (χ0n) is 15.2. The van der Waals surface area contributed by atoms with Crippen LogP contribution >= 0.6 is 22.9 Å². The van der Waals surface area contributed by atoms with Crippen LogP contribution in [0.1, 0.15) is 17.5 Å². The van der Waals surface area contributed by atoms with Crippen LogP contribution in [-0.2, 0) is 7.05 Å². The Balaban J connectivity index is 0.00000210. The van der Waals surface area contributed by atoms with Crippen LogP contribution in [0.4, 0.5) is 5.69 Å². The fraction of sp³-hybridized carbons (Fsp3) is 0.136. The number of para-hydroxylation sites is 1. The van der Waals surface area contributed by atoms with Gasteiger partial charge < -0.3 is 28.9 Å². The van der Waals surface area contributed by atoms with E-state index in [-0.39, 0.29) is 24.0 Å². The van der Waals surface area contributed by atoms with Crippen molar-refractivity contribution in [2.75, 3.05) is 11.4 Å². The van der Waals surface area contributed by atoms with Crippen LogP contribution in [0.15, 0.2) is 65.7 Å². The number of allylic oxidation sites excluding steroid dienone is 1. The molecule has 138 valence electrons. The Labute approximate surface area is 186 Å². The normalized spacial score (nSPS) is 14.2. The maximum absolute atomic E-state index is 6.02. The molecule has 4 rings (SSSR count). The van der Waals surface area contributed by atoms with Crippen molar-refractivity contribution in [3.8, 4) is 11.3 Å². The average Bonchev–Trinajstić information content (AvgIpc) is 3.03. The van der Waals surface area contributed by atoms with E-state index in [1.54, 1.807) is 11.3 Å². The van der Waals surface area contributed by atoms with Crippen LogP contribution in [0.5, 0.6) is 0 Å². The number of aromatic nitrogens is 1. The van der Waals surface area contributed by atoms with Crippen LogP contribution < -0.4 is 33.4 Å². The number of hydrogen-bond acceptors (Lipinski definition) is 2. The molecule has 0 unspecified atom stereocenters. The first-order valence-corrected chi connectivity index (χ1v) is 9.93. The molecule has 5 heteroatoms. The SMILES string of the molecule is CCN1C(=Cc2scc(-c3ccc(Cl)cc3)[n+]2C)C=Cc2ccccc21.[I-]. The summed E-state index contributed by atoms with van der Waals surface area (Å²) in [5.74, 6) is 0. The van der Waals surface area contributed by atoms with Gasteiger partial charge in [-0.05, 0) is 48.9 Å². The van der Waals surface area contributed by atoms with E-state index in [0.717, 1.165) is 11.6 Å². The van der Waals surface area contributed by atoms with Gasteiger partial charge in [0, 0.05) is 34.6 Å². The van der Waals surface area contributed by atoms with E-state index in [2.05, 4.69) is 83.4 Å². The summed E-state index contributed by atoms with van der Waals surface area (Å²) in [6.07, 6.45) is 6.66. The molecule has 0 fully saturated rings. The molecule has 0 saturated carbocycles. The van der Waals surface area contributed by atoms with Crippen molar-refractivity contribution < 1.29 is 28.5 Å². The van der Waals surface area contributed by atoms with E-state index in [4.69, 9.17) is 11.6 Å². The van der Waals surface area contributed by atoms with Crippen LogP contribution in [-0.4, -0.2) is 6.54 Å². The fourth-order valence-electron chi connectivity index (χ4n) is 3.29. The van der Waals surface area contributed by atoms with Gasteiger partial charge in [-0.2, -0.15) is 4.57 Å². The molecule has 0 spiro atoms. The van der Waals surface area contributed by atoms with Crippen molar-refractivity contribution >= 4 is 40.8 Å². The lowest BCUT2D eigenvalue weighted by Crippen LogP contribution is -3.00. The monoisotopic (exact) mass is 506 g/mol. The Bertz CT molecular complexity index is 1010. The molecule has 2 aromatic carbocycles. The van der Waals surface area contributed by atoms with Crippen LogP contribution in [0.3, 0.4) is 0 Å². The lowest BCUT2D eigenvalue weighted by molar-refractivity contribution is -0.657. The molecule has 0 aliphatic carbocycles. The van der Waals surface area contributed by atoms with Crippen molar-refractivity contribution in [3.05, 3.63) is 81.3 Å². The number of thiazole rings is 1. The zero-order chi connectivity index (χ0) is 18.1. The molecule has 0 amide bonds. The van der Waals surface area contributed by atoms with Crippen molar-refractivity contribution in [2.24, 2.45) is 7.05 Å². The molecule has 0 N–H and O–H groups in total. The first-order chi connectivity index (χ1) is 12.7. The number of fused-ring (bicyclic) bond motifs is 1. The van der Waals surface area contributed by atoms with Crippen LogP contribution in [0.2, 0.25) is 5.02 Å². The summed E-state index contributed by atoms with van der Waals surface area (Å²) < 4.78 is 2.24. The van der Waals surface area contributed by atoms with Crippen molar-refractivity contribution in [3.63, 3.8) is 0 Å². The Morgan fingerprint density at radius 2 is 1.81 bits per heavy atom. The summed E-state index contributed by atoms with van der Waals surface area (Å²) in [5, 5.41) is 4.18. The minimum atomic E-state index is 0. The van der Waals surface area contributed by atoms with Crippen molar-refractivity contribution in [1.29, 1.82) is 0 Å². The van der Waals surface area contributed by atoms with Crippen molar-refractivity contribution in [2.45, 2.75) is 6.92 Å². The fourth-order valence-corrected chi connectivity index (χ4v) is 4.39. The summed E-state index contributed by atoms with van der Waals surface area (Å²) in [5.41, 5.74) is 6.12. The second-order valence-corrected chi connectivity index (χ2v) is 7.56. The molecule has 2 heterocycles. The second kappa shape index (κ2) is 8.59. The highest BCUT2D eigenvalue weighted by atomic mass is 127. The van der Waals surface area contributed by atoms with E-state index in [1.165, 1.54) is 33.2 Å². The molecule has 0 bridgehead atoms. The summed E-state index contributed by atoms with van der Waals surface area (Å²) in [6.45, 7) is 3.13. The summed E-state index contributed by atoms with van der Waals surface area (Å²) in [7, 11) is 2.11. The smallest absolute Gasteiger partial charge is 0.264 e. The summed E-state index contributed by atoms with van der Waals surface area (Å²) in [6, 6.07) is 16.5. The van der Waals surface area contributed by atoms with E-state index in [9.17, 15) is 0 Å². The second-order valence-electron chi connectivity index (χ2n) is 6.23. The average molecular weight is 507 g/mol. The van der Waals surface area contributed by atoms with E-state index in [0.29, 0.717) is 0 Å². The number of halogens is 2. The molecular formula is C22H20ClIN2S. The maximum Gasteiger partial charge on any atom is 0.264 e. The Kier molecular flexibility index (Phi) is 6.40. The predicted molar refractivity (Wildman–Crippen MR) is 112 cm³/mol. The number of nitrogens with zero attached hydrogens (tertiary/aromatic N) is 2. The van der Waals surface area contributed by atoms with Gasteiger partial charge in [-0.25, -0.2) is 0 Å². The number of benzene rings is 2. The third-order valence-electron chi connectivity index (χ3n) is 4.68. The van der Waals surface area contributed by atoms with Gasteiger partial charge >= 0.3 is 0 Å². The highest BCUT2D eigenvalue weighted by Crippen LogP contribution is 2.32. The highest BCUT2D eigenvalue weighted by Gasteiger charge is 2.20. The molecule has 3 aromatic rings. The van der Waals surface area contributed by atoms with Crippen molar-refractivity contribution in [1.82, 2.24) is 0 Å². The number of anilines is 1. The minimum Gasteiger partial charge on any atom is -1.00 e. The van der Waals surface area contributed by atoms with Gasteiger partial charge in [0.1, 0.15) is 7.05 Å². The first kappa shape index (κ1) is 20.1. The zero-order valence-corrected chi connectivity index (χ0v) is 18.9. The Morgan fingerprint density at radius 1 is 1.07 bits per heavy atom. The number of hydrogen-bond donors (Lipinski definition) is 0. The molecule has 0 radical (unpaired) electrons. The van der Waals surface area contributed by atoms with Gasteiger partial charge in [-0.1, -0.05) is 47.2 Å². The van der Waals surface area contributed by atoms with Gasteiger partial charge in [-0.3, -0.25) is 0 Å².